The van der Waals surface area contributed by atoms with Crippen molar-refractivity contribution in [3.63, 3.8) is 0 Å². The van der Waals surface area contributed by atoms with E-state index in [0.29, 0.717) is 17.1 Å². The number of nitriles is 1. The number of halogens is 1. The van der Waals surface area contributed by atoms with Crippen LogP contribution >= 0.6 is 22.6 Å². The molecule has 0 atom stereocenters. The van der Waals surface area contributed by atoms with Gasteiger partial charge < -0.3 is 30.8 Å². The fourth-order valence-electron chi connectivity index (χ4n) is 2.98. The van der Waals surface area contributed by atoms with Crippen LogP contribution in [0.25, 0.3) is 0 Å². The van der Waals surface area contributed by atoms with Gasteiger partial charge in [-0.2, -0.15) is 5.26 Å². The van der Waals surface area contributed by atoms with Crippen molar-refractivity contribution in [2.45, 2.75) is 0 Å². The number of pyridine rings is 2. The predicted molar refractivity (Wildman–Crippen MR) is 143 cm³/mol. The average Bonchev–Trinajstić information content (AvgIpc) is 3.50. The second-order valence-corrected chi connectivity index (χ2v) is 8.23. The minimum Gasteiger partial charge on any atom is -0.512 e. The van der Waals surface area contributed by atoms with Crippen molar-refractivity contribution < 1.29 is 26.7 Å². The Bertz CT molecular complexity index is 1410. The molecule has 0 bridgehead atoms. The SMILES string of the molecule is CN(C(=O)c1cnc(C#N)n1C)c1cccnc1.CN(C(=O)c1cnc(I)n1C)c1cccnc1.[C-]#N.[Cu+]. The monoisotopic (exact) mass is 672 g/mol. The van der Waals surface area contributed by atoms with Crippen LogP contribution in [0.15, 0.2) is 61.4 Å². The molecule has 0 radical (unpaired) electrons. The number of hydrogen-bond acceptors (Lipinski definition) is 8. The first-order valence-corrected chi connectivity index (χ1v) is 11.5. The van der Waals surface area contributed by atoms with Gasteiger partial charge in [-0.3, -0.25) is 19.6 Å². The number of amides is 2. The Hall–Kier alpha value is -4.11. The van der Waals surface area contributed by atoms with Crippen LogP contribution in [-0.4, -0.2) is 55.0 Å². The fraction of sp³-hybridized carbons (Fsp3) is 0.167. The van der Waals surface area contributed by atoms with Crippen molar-refractivity contribution in [3.05, 3.63) is 89.1 Å². The number of aromatic nitrogens is 6. The van der Waals surface area contributed by atoms with Gasteiger partial charge in [-0.1, -0.05) is 0 Å². The smallest absolute Gasteiger partial charge is 0.512 e. The van der Waals surface area contributed by atoms with E-state index in [-0.39, 0.29) is 34.7 Å². The minimum atomic E-state index is -0.237. The van der Waals surface area contributed by atoms with Crippen LogP contribution in [0.2, 0.25) is 0 Å². The normalized spacial score (nSPS) is 9.32. The fourth-order valence-corrected chi connectivity index (χ4v) is 3.38. The Kier molecular flexibility index (Phi) is 12.8. The number of anilines is 2. The van der Waals surface area contributed by atoms with E-state index in [2.05, 4.69) is 42.5 Å². The van der Waals surface area contributed by atoms with Gasteiger partial charge in [0.2, 0.25) is 5.82 Å². The number of carbonyl (C=O) groups is 2. The van der Waals surface area contributed by atoms with Gasteiger partial charge in [-0.15, -0.1) is 0 Å². The maximum Gasteiger partial charge on any atom is 1.00 e. The third-order valence-electron chi connectivity index (χ3n) is 5.13. The first kappa shape index (κ1) is 31.9. The van der Waals surface area contributed by atoms with Gasteiger partial charge in [-0.05, 0) is 46.9 Å². The van der Waals surface area contributed by atoms with E-state index < -0.39 is 0 Å². The second kappa shape index (κ2) is 15.2. The molecule has 0 saturated carbocycles. The summed E-state index contributed by atoms with van der Waals surface area (Å²) >= 11 is 2.09. The minimum absolute atomic E-state index is 0. The zero-order valence-electron chi connectivity index (χ0n) is 20.7. The molecule has 0 aliphatic rings. The molecule has 4 aromatic heterocycles. The largest absolute Gasteiger partial charge is 1.00 e. The number of hydrogen-bond donors (Lipinski definition) is 0. The summed E-state index contributed by atoms with van der Waals surface area (Å²) in [6, 6.07) is 9.09. The van der Waals surface area contributed by atoms with Crippen LogP contribution in [0.3, 0.4) is 0 Å². The Morgan fingerprint density at radius 1 is 0.868 bits per heavy atom. The molecule has 12 nitrogen and oxygen atoms in total. The Balaban J connectivity index is 0.000000349. The molecular weight excluding hydrogens is 651 g/mol. The Morgan fingerprint density at radius 2 is 1.32 bits per heavy atom. The molecule has 0 N–H and O–H groups in total. The van der Waals surface area contributed by atoms with Gasteiger partial charge in [-0.25, -0.2) is 9.97 Å². The van der Waals surface area contributed by atoms with Gasteiger partial charge in [0.1, 0.15) is 17.5 Å². The molecule has 4 rings (SSSR count). The summed E-state index contributed by atoms with van der Waals surface area (Å²) in [5, 5.41) is 15.1. The molecular formula is C24H22CuIN10O2. The van der Waals surface area contributed by atoms with Crippen LogP contribution in [0, 0.1) is 27.0 Å². The summed E-state index contributed by atoms with van der Waals surface area (Å²) in [5.74, 6) is -0.131. The molecule has 4 heterocycles. The van der Waals surface area contributed by atoms with Crippen molar-refractivity contribution in [1.82, 2.24) is 29.1 Å². The molecule has 2 amide bonds. The van der Waals surface area contributed by atoms with Crippen LogP contribution in [0.1, 0.15) is 26.8 Å². The van der Waals surface area contributed by atoms with Gasteiger partial charge in [0.15, 0.2) is 3.83 Å². The molecule has 198 valence electrons. The van der Waals surface area contributed by atoms with Crippen molar-refractivity contribution >= 4 is 45.8 Å². The van der Waals surface area contributed by atoms with Gasteiger partial charge in [0.25, 0.3) is 11.8 Å². The molecule has 0 spiro atoms. The number of imidazole rings is 2. The summed E-state index contributed by atoms with van der Waals surface area (Å²) in [5.41, 5.74) is 2.36. The van der Waals surface area contributed by atoms with E-state index in [4.69, 9.17) is 17.1 Å². The summed E-state index contributed by atoms with van der Waals surface area (Å²) < 4.78 is 4.01. The molecule has 0 aromatic carbocycles. The van der Waals surface area contributed by atoms with Crippen LogP contribution < -0.4 is 9.80 Å². The zero-order valence-corrected chi connectivity index (χ0v) is 23.8. The summed E-state index contributed by atoms with van der Waals surface area (Å²) in [4.78, 5) is 43.4. The molecule has 0 aliphatic heterocycles. The van der Waals surface area contributed by atoms with Crippen LogP contribution in [0.5, 0.6) is 0 Å². The van der Waals surface area contributed by atoms with E-state index in [1.807, 2.05) is 19.2 Å². The van der Waals surface area contributed by atoms with E-state index in [9.17, 15) is 9.59 Å². The van der Waals surface area contributed by atoms with E-state index in [1.165, 1.54) is 15.7 Å². The molecule has 14 heteroatoms. The topological polar surface area (TPSA) is 150 Å². The first-order chi connectivity index (χ1) is 17.8. The molecule has 4 aromatic rings. The quantitative estimate of drug-likeness (QED) is 0.183. The number of nitrogens with zero attached hydrogens (tertiary/aromatic N) is 10. The van der Waals surface area contributed by atoms with Gasteiger partial charge >= 0.3 is 17.1 Å². The van der Waals surface area contributed by atoms with Gasteiger partial charge in [0, 0.05) is 40.6 Å². The van der Waals surface area contributed by atoms with E-state index in [0.717, 1.165) is 9.52 Å². The maximum absolute atomic E-state index is 12.2. The summed E-state index contributed by atoms with van der Waals surface area (Å²) in [6.07, 6.45) is 9.54. The predicted octanol–water partition coefficient (Wildman–Crippen LogP) is 2.75. The molecule has 0 unspecified atom stereocenters. The van der Waals surface area contributed by atoms with Gasteiger partial charge in [0.05, 0.1) is 36.2 Å². The van der Waals surface area contributed by atoms with Crippen molar-refractivity contribution in [2.75, 3.05) is 23.9 Å². The van der Waals surface area contributed by atoms with Crippen molar-refractivity contribution in [1.29, 1.82) is 10.5 Å². The first-order valence-electron chi connectivity index (χ1n) is 10.4. The van der Waals surface area contributed by atoms with Crippen molar-refractivity contribution in [3.8, 4) is 6.07 Å². The third-order valence-corrected chi connectivity index (χ3v) is 6.14. The molecule has 38 heavy (non-hydrogen) atoms. The number of rotatable bonds is 4. The third kappa shape index (κ3) is 7.45. The van der Waals surface area contributed by atoms with E-state index >= 15 is 0 Å². The standard InChI is InChI=1S/C12H11N5O.C11H11IN4O.CN.Cu/c1-16(9-4-3-5-14-7-9)12(18)10-8-15-11(6-13)17(10)2;1-15(8-4-3-5-13-6-8)10(17)9-7-14-11(12)16(9)2;1-2;/h3-5,7-8H,1-2H3;3-7H,1-2H3;;/q;;-1;+1. The summed E-state index contributed by atoms with van der Waals surface area (Å²) in [7, 11) is 6.83. The Labute approximate surface area is 244 Å². The van der Waals surface area contributed by atoms with Crippen molar-refractivity contribution in [2.24, 2.45) is 14.1 Å². The summed E-state index contributed by atoms with van der Waals surface area (Å²) in [6.45, 7) is 4.75. The Morgan fingerprint density at radius 3 is 1.66 bits per heavy atom. The molecule has 0 fully saturated rings. The van der Waals surface area contributed by atoms with Crippen LogP contribution in [0.4, 0.5) is 11.4 Å². The van der Waals surface area contributed by atoms with E-state index in [1.54, 1.807) is 79.8 Å². The zero-order chi connectivity index (χ0) is 27.5. The van der Waals surface area contributed by atoms with Crippen LogP contribution in [-0.2, 0) is 31.2 Å². The second-order valence-electron chi connectivity index (χ2n) is 7.26. The number of carbonyl (C=O) groups excluding carboxylic acids is 2. The molecule has 0 saturated heterocycles. The average molecular weight is 673 g/mol. The molecule has 0 aliphatic carbocycles. The maximum atomic E-state index is 12.2.